The van der Waals surface area contributed by atoms with Crippen molar-refractivity contribution in [1.29, 1.82) is 0 Å². The lowest BCUT2D eigenvalue weighted by molar-refractivity contribution is -0.533. The van der Waals surface area contributed by atoms with E-state index in [1.807, 2.05) is 0 Å². The van der Waals surface area contributed by atoms with E-state index >= 15 is 0 Å². The fourth-order valence-corrected chi connectivity index (χ4v) is 1.40. The molecule has 0 bridgehead atoms. The molecule has 6 heteroatoms. The molecule has 0 saturated carbocycles. The normalized spacial score (nSPS) is 13.6. The highest BCUT2D eigenvalue weighted by Gasteiger charge is 2.18. The summed E-state index contributed by atoms with van der Waals surface area (Å²) in [7, 11) is 0. The lowest BCUT2D eigenvalue weighted by atomic mass is 10.1. The van der Waals surface area contributed by atoms with Crippen LogP contribution in [0.5, 0.6) is 0 Å². The number of unbranched alkanes of at least 4 members (excludes halogenated alkanes) is 5. The van der Waals surface area contributed by atoms with E-state index in [1.165, 1.54) is 19.3 Å². The molecule has 0 spiro atoms. The number of hydrogen-bond donors (Lipinski definition) is 2. The Hall–Kier alpha value is -1.17. The predicted molar refractivity (Wildman–Crippen MR) is 62.8 cm³/mol. The number of nitrogens with zero attached hydrogens (tertiary/aromatic N) is 2. The van der Waals surface area contributed by atoms with Crippen LogP contribution in [0, 0.1) is 5.21 Å². The van der Waals surface area contributed by atoms with E-state index < -0.39 is 18.6 Å². The topological polar surface area (TPSA) is 96.0 Å². The number of carboxylic acids is 1. The number of hydroxylamine groups is 1. The largest absolute Gasteiger partial charge is 0.600 e. The van der Waals surface area contributed by atoms with Crippen molar-refractivity contribution in [3.05, 3.63) is 5.21 Å². The summed E-state index contributed by atoms with van der Waals surface area (Å²) in [5.41, 5.74) is 0. The van der Waals surface area contributed by atoms with Gasteiger partial charge in [-0.3, -0.25) is 0 Å². The molecule has 0 aliphatic rings. The minimum atomic E-state index is -1.34. The fourth-order valence-electron chi connectivity index (χ4n) is 1.40. The highest BCUT2D eigenvalue weighted by Crippen LogP contribution is 2.05. The van der Waals surface area contributed by atoms with Gasteiger partial charge in [-0.05, 0) is 11.5 Å². The van der Waals surface area contributed by atoms with Crippen LogP contribution in [0.1, 0.15) is 45.4 Å². The van der Waals surface area contributed by atoms with Crippen LogP contribution in [0.25, 0.3) is 0 Å². The highest BCUT2D eigenvalue weighted by atomic mass is 16.5. The number of carboxylic acid groups (broad SMARTS) is 1. The third-order valence-electron chi connectivity index (χ3n) is 2.43. The summed E-state index contributed by atoms with van der Waals surface area (Å²) >= 11 is 0. The maximum absolute atomic E-state index is 11.2. The molecule has 0 radical (unpaired) electrons. The van der Waals surface area contributed by atoms with Crippen molar-refractivity contribution >= 4 is 5.97 Å². The molecule has 0 aromatic rings. The van der Waals surface area contributed by atoms with E-state index in [2.05, 4.69) is 12.0 Å². The van der Waals surface area contributed by atoms with Gasteiger partial charge in [0.05, 0.1) is 6.61 Å². The van der Waals surface area contributed by atoms with Gasteiger partial charge in [-0.2, -0.15) is 0 Å². The summed E-state index contributed by atoms with van der Waals surface area (Å²) in [6.07, 6.45) is 6.29. The number of rotatable bonds is 10. The van der Waals surface area contributed by atoms with Crippen LogP contribution in [0.2, 0.25) is 0 Å². The van der Waals surface area contributed by atoms with Crippen LogP contribution in [0.3, 0.4) is 0 Å². The smallest absolute Gasteiger partial charge is 0.337 e. The Bertz CT molecular complexity index is 244. The van der Waals surface area contributed by atoms with Gasteiger partial charge in [0.2, 0.25) is 6.04 Å². The first-order valence-electron chi connectivity index (χ1n) is 6.10. The Kier molecular flexibility index (Phi) is 9.33. The Labute approximate surface area is 102 Å². The molecule has 0 aliphatic heterocycles. The number of hydrogen-bond acceptors (Lipinski definition) is 4. The molecule has 0 heterocycles. The van der Waals surface area contributed by atoms with E-state index in [-0.39, 0.29) is 6.54 Å². The molecule has 2 N–H and O–H groups in total. The second-order valence-corrected chi connectivity index (χ2v) is 4.00. The van der Waals surface area contributed by atoms with Gasteiger partial charge in [0.15, 0.2) is 6.54 Å². The standard InChI is InChI=1S/C11H22N2O4/c1-2-3-4-5-6-7-8-13(17)12-10(9-14)11(15)16/h10,14H,2-9H2,1H3,(H,15,16)/t10-/m0/s1. The van der Waals surface area contributed by atoms with E-state index in [0.717, 1.165) is 12.8 Å². The Morgan fingerprint density at radius 3 is 2.41 bits per heavy atom. The summed E-state index contributed by atoms with van der Waals surface area (Å²) < 4.78 is 0. The number of aliphatic hydroxyl groups is 1. The van der Waals surface area contributed by atoms with Crippen LogP contribution in [-0.4, -0.2) is 40.2 Å². The van der Waals surface area contributed by atoms with Gasteiger partial charge in [0.1, 0.15) is 0 Å². The maximum atomic E-state index is 11.2. The average molecular weight is 246 g/mol. The molecule has 1 atom stereocenters. The molecule has 0 fully saturated rings. The summed E-state index contributed by atoms with van der Waals surface area (Å²) in [5, 5.41) is 31.8. The molecule has 0 amide bonds. The first-order valence-corrected chi connectivity index (χ1v) is 6.10. The zero-order valence-corrected chi connectivity index (χ0v) is 10.3. The minimum absolute atomic E-state index is 0.190. The molecule has 0 aromatic heterocycles. The van der Waals surface area contributed by atoms with Crippen LogP contribution in [0.4, 0.5) is 0 Å². The maximum Gasteiger partial charge on any atom is 0.337 e. The molecule has 6 nitrogen and oxygen atoms in total. The quantitative estimate of drug-likeness (QED) is 0.265. The van der Waals surface area contributed by atoms with Crippen LogP contribution in [0.15, 0.2) is 5.11 Å². The molecule has 17 heavy (non-hydrogen) atoms. The van der Waals surface area contributed by atoms with Crippen molar-refractivity contribution in [3.8, 4) is 0 Å². The third-order valence-corrected chi connectivity index (χ3v) is 2.43. The van der Waals surface area contributed by atoms with Crippen LogP contribution < -0.4 is 0 Å². The zero-order valence-electron chi connectivity index (χ0n) is 10.3. The second-order valence-electron chi connectivity index (χ2n) is 4.00. The van der Waals surface area contributed by atoms with Crippen LogP contribution >= 0.6 is 0 Å². The molecule has 0 unspecified atom stereocenters. The van der Waals surface area contributed by atoms with Crippen molar-refractivity contribution in [2.24, 2.45) is 5.11 Å². The first-order chi connectivity index (χ1) is 8.11. The first kappa shape index (κ1) is 15.8. The van der Waals surface area contributed by atoms with Crippen LogP contribution in [-0.2, 0) is 4.79 Å². The van der Waals surface area contributed by atoms with E-state index in [4.69, 9.17) is 10.2 Å². The zero-order chi connectivity index (χ0) is 13.1. The van der Waals surface area contributed by atoms with Gasteiger partial charge in [-0.1, -0.05) is 37.5 Å². The van der Waals surface area contributed by atoms with Gasteiger partial charge < -0.3 is 15.4 Å². The Balaban J connectivity index is 3.73. The van der Waals surface area contributed by atoms with Crippen molar-refractivity contribution in [2.75, 3.05) is 13.2 Å². The lowest BCUT2D eigenvalue weighted by Crippen LogP contribution is -2.24. The van der Waals surface area contributed by atoms with Gasteiger partial charge in [-0.15, -0.1) is 0 Å². The van der Waals surface area contributed by atoms with Gasteiger partial charge in [0.25, 0.3) is 0 Å². The molecule has 0 rings (SSSR count). The average Bonchev–Trinajstić information content (AvgIpc) is 2.30. The summed E-state index contributed by atoms with van der Waals surface area (Å²) in [6.45, 7) is 1.68. The van der Waals surface area contributed by atoms with E-state index in [0.29, 0.717) is 11.3 Å². The summed E-state index contributed by atoms with van der Waals surface area (Å²) in [6, 6.07) is -1.34. The van der Waals surface area contributed by atoms with Gasteiger partial charge in [-0.25, -0.2) is 4.79 Å². The monoisotopic (exact) mass is 246 g/mol. The highest BCUT2D eigenvalue weighted by molar-refractivity contribution is 5.73. The van der Waals surface area contributed by atoms with Gasteiger partial charge >= 0.3 is 5.97 Å². The molecule has 100 valence electrons. The molecule has 0 aromatic carbocycles. The molecular weight excluding hydrogens is 224 g/mol. The number of aliphatic carboxylic acids is 1. The number of aliphatic hydroxyl groups excluding tert-OH is 1. The Morgan fingerprint density at radius 2 is 1.88 bits per heavy atom. The molecular formula is C11H22N2O4. The Morgan fingerprint density at radius 1 is 1.29 bits per heavy atom. The second kappa shape index (κ2) is 10.0. The van der Waals surface area contributed by atoms with Crippen molar-refractivity contribution < 1.29 is 19.9 Å². The summed E-state index contributed by atoms with van der Waals surface area (Å²) in [5.74, 6) is -1.28. The van der Waals surface area contributed by atoms with Crippen molar-refractivity contribution in [1.82, 2.24) is 0 Å². The summed E-state index contributed by atoms with van der Waals surface area (Å²) in [4.78, 5) is 10.9. The number of carbonyl (C=O) groups is 1. The fraction of sp³-hybridized carbons (Fsp3) is 0.909. The van der Waals surface area contributed by atoms with Gasteiger partial charge in [0, 0.05) is 6.42 Å². The SMILES string of the molecule is CCCCCCCC[N+]([O-])=N[C@@H](CO)C(=O)O. The minimum Gasteiger partial charge on any atom is -0.600 e. The molecule has 0 aliphatic carbocycles. The van der Waals surface area contributed by atoms with E-state index in [1.54, 1.807) is 0 Å². The predicted octanol–water partition coefficient (Wildman–Crippen LogP) is 1.75. The number of azo groups is 1. The van der Waals surface area contributed by atoms with Crippen molar-refractivity contribution in [2.45, 2.75) is 51.5 Å². The molecule has 0 saturated heterocycles. The third kappa shape index (κ3) is 8.62. The van der Waals surface area contributed by atoms with Crippen molar-refractivity contribution in [3.63, 3.8) is 0 Å². The lowest BCUT2D eigenvalue weighted by Gasteiger charge is -2.04. The van der Waals surface area contributed by atoms with E-state index in [9.17, 15) is 10.0 Å².